The number of aliphatic hydroxyl groups excluding tert-OH is 1. The maximum Gasteiger partial charge on any atom is 0.269 e. The van der Waals surface area contributed by atoms with Crippen LogP contribution in [0.1, 0.15) is 50.3 Å². The molecule has 5 heteroatoms. The molecule has 1 amide bonds. The number of aromatic nitrogens is 2. The Morgan fingerprint density at radius 2 is 2.16 bits per heavy atom. The fraction of sp³-hybridized carbons (Fsp3) is 0.714. The third-order valence-electron chi connectivity index (χ3n) is 2.85. The summed E-state index contributed by atoms with van der Waals surface area (Å²) in [6.07, 6.45) is 0.731. The summed E-state index contributed by atoms with van der Waals surface area (Å²) in [7, 11) is 0. The van der Waals surface area contributed by atoms with Crippen LogP contribution in [0.3, 0.4) is 0 Å². The van der Waals surface area contributed by atoms with Gasteiger partial charge >= 0.3 is 0 Å². The molecule has 19 heavy (non-hydrogen) atoms. The number of nitrogens with zero attached hydrogens (tertiary/aromatic N) is 2. The van der Waals surface area contributed by atoms with Crippen LogP contribution in [0.5, 0.6) is 0 Å². The summed E-state index contributed by atoms with van der Waals surface area (Å²) in [6.45, 7) is 10.7. The van der Waals surface area contributed by atoms with E-state index in [4.69, 9.17) is 0 Å². The lowest BCUT2D eigenvalue weighted by Crippen LogP contribution is -2.40. The van der Waals surface area contributed by atoms with Crippen LogP contribution in [0.4, 0.5) is 0 Å². The number of carbonyl (C=O) groups excluding carboxylic acids is 1. The van der Waals surface area contributed by atoms with Gasteiger partial charge in [-0.05, 0) is 31.7 Å². The van der Waals surface area contributed by atoms with Crippen molar-refractivity contribution in [2.24, 2.45) is 5.41 Å². The van der Waals surface area contributed by atoms with Crippen molar-refractivity contribution >= 4 is 5.91 Å². The zero-order chi connectivity index (χ0) is 14.6. The molecule has 0 spiro atoms. The Balaban J connectivity index is 2.77. The summed E-state index contributed by atoms with van der Waals surface area (Å²) in [5.74, 6) is -0.175. The molecule has 1 rings (SSSR count). The molecular weight excluding hydrogens is 242 g/mol. The van der Waals surface area contributed by atoms with Gasteiger partial charge in [0.1, 0.15) is 5.69 Å². The first-order valence-electron chi connectivity index (χ1n) is 6.73. The molecule has 0 aliphatic heterocycles. The Kier molecular flexibility index (Phi) is 5.11. The average Bonchev–Trinajstić information content (AvgIpc) is 2.67. The van der Waals surface area contributed by atoms with Gasteiger partial charge in [-0.25, -0.2) is 0 Å². The van der Waals surface area contributed by atoms with Crippen LogP contribution in [-0.2, 0) is 6.54 Å². The molecular formula is C14H25N3O2. The molecule has 2 N–H and O–H groups in total. The highest BCUT2D eigenvalue weighted by atomic mass is 16.3. The van der Waals surface area contributed by atoms with Crippen LogP contribution in [0.15, 0.2) is 6.07 Å². The smallest absolute Gasteiger partial charge is 0.269 e. The Hall–Kier alpha value is -1.36. The van der Waals surface area contributed by atoms with Gasteiger partial charge < -0.3 is 10.4 Å². The molecule has 0 bridgehead atoms. The lowest BCUT2D eigenvalue weighted by atomic mass is 9.88. The first-order chi connectivity index (χ1) is 8.76. The van der Waals surface area contributed by atoms with Crippen LogP contribution >= 0.6 is 0 Å². The van der Waals surface area contributed by atoms with Gasteiger partial charge in [-0.1, -0.05) is 20.8 Å². The van der Waals surface area contributed by atoms with Gasteiger partial charge in [-0.15, -0.1) is 0 Å². The topological polar surface area (TPSA) is 67.2 Å². The van der Waals surface area contributed by atoms with Gasteiger partial charge in [0.25, 0.3) is 5.91 Å². The summed E-state index contributed by atoms with van der Waals surface area (Å²) in [4.78, 5) is 12.2. The number of aryl methyl sites for hydroxylation is 2. The van der Waals surface area contributed by atoms with E-state index >= 15 is 0 Å². The largest absolute Gasteiger partial charge is 0.394 e. The van der Waals surface area contributed by atoms with Gasteiger partial charge in [-0.3, -0.25) is 9.48 Å². The zero-order valence-electron chi connectivity index (χ0n) is 12.5. The highest BCUT2D eigenvalue weighted by Gasteiger charge is 2.22. The van der Waals surface area contributed by atoms with E-state index in [0.29, 0.717) is 12.2 Å². The number of hydrogen-bond donors (Lipinski definition) is 2. The van der Waals surface area contributed by atoms with E-state index in [2.05, 4.69) is 31.2 Å². The van der Waals surface area contributed by atoms with E-state index < -0.39 is 0 Å². The lowest BCUT2D eigenvalue weighted by Gasteiger charge is -2.25. The molecule has 5 nitrogen and oxygen atoms in total. The van der Waals surface area contributed by atoms with E-state index in [0.717, 1.165) is 12.1 Å². The lowest BCUT2D eigenvalue weighted by molar-refractivity contribution is 0.0887. The molecule has 0 radical (unpaired) electrons. The minimum Gasteiger partial charge on any atom is -0.394 e. The zero-order valence-corrected chi connectivity index (χ0v) is 12.5. The van der Waals surface area contributed by atoms with Crippen molar-refractivity contribution in [3.8, 4) is 0 Å². The fourth-order valence-corrected chi connectivity index (χ4v) is 2.13. The van der Waals surface area contributed by atoms with Crippen molar-refractivity contribution in [3.05, 3.63) is 17.5 Å². The Labute approximate surface area is 115 Å². The van der Waals surface area contributed by atoms with Gasteiger partial charge in [0, 0.05) is 6.54 Å². The predicted octanol–water partition coefficient (Wildman–Crippen LogP) is 1.74. The number of aliphatic hydroxyl groups is 1. The van der Waals surface area contributed by atoms with Gasteiger partial charge in [0.15, 0.2) is 0 Å². The second-order valence-corrected chi connectivity index (χ2v) is 6.10. The molecule has 108 valence electrons. The van der Waals surface area contributed by atoms with E-state index in [1.54, 1.807) is 10.7 Å². The molecule has 1 heterocycles. The molecule has 1 aromatic heterocycles. The molecule has 1 unspecified atom stereocenters. The normalized spacial score (nSPS) is 13.4. The molecule has 1 atom stereocenters. The third kappa shape index (κ3) is 4.67. The van der Waals surface area contributed by atoms with E-state index in [1.165, 1.54) is 0 Å². The quantitative estimate of drug-likeness (QED) is 0.854. The molecule has 0 aliphatic rings. The van der Waals surface area contributed by atoms with Gasteiger partial charge in [-0.2, -0.15) is 5.10 Å². The Morgan fingerprint density at radius 3 is 2.63 bits per heavy atom. The van der Waals surface area contributed by atoms with Crippen LogP contribution in [-0.4, -0.2) is 33.4 Å². The highest BCUT2D eigenvalue weighted by molar-refractivity contribution is 5.92. The number of rotatable bonds is 5. The second-order valence-electron chi connectivity index (χ2n) is 6.10. The van der Waals surface area contributed by atoms with E-state index in [-0.39, 0.29) is 24.0 Å². The summed E-state index contributed by atoms with van der Waals surface area (Å²) in [6, 6.07) is 1.54. The average molecular weight is 267 g/mol. The molecule has 0 aromatic carbocycles. The number of nitrogens with one attached hydrogen (secondary N) is 1. The number of carbonyl (C=O) groups is 1. The predicted molar refractivity (Wildman–Crippen MR) is 75.1 cm³/mol. The van der Waals surface area contributed by atoms with Crippen molar-refractivity contribution in [1.29, 1.82) is 0 Å². The van der Waals surface area contributed by atoms with Gasteiger partial charge in [0.2, 0.25) is 0 Å². The van der Waals surface area contributed by atoms with Crippen LogP contribution in [0.25, 0.3) is 0 Å². The monoisotopic (exact) mass is 267 g/mol. The Morgan fingerprint density at radius 1 is 1.53 bits per heavy atom. The maximum atomic E-state index is 12.2. The summed E-state index contributed by atoms with van der Waals surface area (Å²) < 4.78 is 1.68. The Bertz CT molecular complexity index is 432. The molecule has 1 aromatic rings. The van der Waals surface area contributed by atoms with Crippen LogP contribution in [0, 0.1) is 12.3 Å². The fourth-order valence-electron chi connectivity index (χ4n) is 2.13. The van der Waals surface area contributed by atoms with Crippen molar-refractivity contribution in [1.82, 2.24) is 15.1 Å². The van der Waals surface area contributed by atoms with E-state index in [1.807, 2.05) is 13.8 Å². The minimum absolute atomic E-state index is 0.0533. The molecule has 0 fully saturated rings. The van der Waals surface area contributed by atoms with Crippen molar-refractivity contribution in [3.63, 3.8) is 0 Å². The highest BCUT2D eigenvalue weighted by Crippen LogP contribution is 2.20. The van der Waals surface area contributed by atoms with Crippen LogP contribution in [0.2, 0.25) is 0 Å². The SMILES string of the molecule is CCn1nc(C)cc1C(=O)NC(CO)CC(C)(C)C. The van der Waals surface area contributed by atoms with Crippen molar-refractivity contribution < 1.29 is 9.90 Å². The first-order valence-corrected chi connectivity index (χ1v) is 6.73. The van der Waals surface area contributed by atoms with Crippen molar-refractivity contribution in [2.75, 3.05) is 6.61 Å². The van der Waals surface area contributed by atoms with Gasteiger partial charge in [0.05, 0.1) is 18.3 Å². The second kappa shape index (κ2) is 6.19. The standard InChI is InChI=1S/C14H25N3O2/c1-6-17-12(7-10(2)16-17)13(19)15-11(9-18)8-14(3,4)5/h7,11,18H,6,8-9H2,1-5H3,(H,15,19). The molecule has 0 saturated heterocycles. The van der Waals surface area contributed by atoms with Crippen molar-refractivity contribution in [2.45, 2.75) is 53.6 Å². The van der Waals surface area contributed by atoms with Crippen LogP contribution < -0.4 is 5.32 Å². The van der Waals surface area contributed by atoms with E-state index in [9.17, 15) is 9.90 Å². The summed E-state index contributed by atoms with van der Waals surface area (Å²) in [5, 5.41) is 16.5. The summed E-state index contributed by atoms with van der Waals surface area (Å²) in [5.41, 5.74) is 1.43. The number of amides is 1. The molecule has 0 saturated carbocycles. The maximum absolute atomic E-state index is 12.2. The molecule has 0 aliphatic carbocycles. The third-order valence-corrected chi connectivity index (χ3v) is 2.85. The summed E-state index contributed by atoms with van der Waals surface area (Å²) >= 11 is 0. The number of hydrogen-bond acceptors (Lipinski definition) is 3. The minimum atomic E-state index is -0.229. The first kappa shape index (κ1) is 15.7.